The van der Waals surface area contributed by atoms with Gasteiger partial charge in [-0.25, -0.2) is 9.59 Å². The summed E-state index contributed by atoms with van der Waals surface area (Å²) < 4.78 is 16.8. The van der Waals surface area contributed by atoms with Crippen LogP contribution >= 0.6 is 15.9 Å². The monoisotopic (exact) mass is 456 g/mol. The second-order valence-corrected chi connectivity index (χ2v) is 8.75. The van der Waals surface area contributed by atoms with E-state index in [1.165, 1.54) is 7.11 Å². The fraction of sp³-hybridized carbons (Fsp3) is 0.600. The molecule has 0 spiro atoms. The van der Waals surface area contributed by atoms with Gasteiger partial charge >= 0.3 is 12.1 Å². The van der Waals surface area contributed by atoms with Crippen LogP contribution in [0.2, 0.25) is 0 Å². The van der Waals surface area contributed by atoms with E-state index in [4.69, 9.17) is 14.2 Å². The largest absolute Gasteiger partial charge is 0.492 e. The molecule has 0 bridgehead atoms. The number of hydrogen-bond donors (Lipinski definition) is 0. The van der Waals surface area contributed by atoms with Gasteiger partial charge in [-0.3, -0.25) is 4.90 Å². The van der Waals surface area contributed by atoms with Crippen LogP contribution in [-0.2, 0) is 9.47 Å². The van der Waals surface area contributed by atoms with Gasteiger partial charge in [0.2, 0.25) is 0 Å². The molecular weight excluding hydrogens is 428 g/mol. The summed E-state index contributed by atoms with van der Waals surface area (Å²) in [6.45, 7) is 11.0. The summed E-state index contributed by atoms with van der Waals surface area (Å²) in [4.78, 5) is 28.0. The lowest BCUT2D eigenvalue weighted by molar-refractivity contribution is 0.000335. The fourth-order valence-electron chi connectivity index (χ4n) is 3.00. The first kappa shape index (κ1) is 22.5. The van der Waals surface area contributed by atoms with Crippen molar-refractivity contribution in [3.05, 3.63) is 28.2 Å². The summed E-state index contributed by atoms with van der Waals surface area (Å²) in [5, 5.41) is 0. The first-order valence-corrected chi connectivity index (χ1v) is 10.1. The van der Waals surface area contributed by atoms with Crippen molar-refractivity contribution < 1.29 is 23.8 Å². The van der Waals surface area contributed by atoms with Crippen molar-refractivity contribution in [1.82, 2.24) is 9.80 Å². The highest BCUT2D eigenvalue weighted by Crippen LogP contribution is 2.22. The molecule has 7 nitrogen and oxygen atoms in total. The van der Waals surface area contributed by atoms with E-state index in [0.29, 0.717) is 24.5 Å². The topological polar surface area (TPSA) is 68.3 Å². The quantitative estimate of drug-likeness (QED) is 0.630. The molecule has 1 amide bonds. The van der Waals surface area contributed by atoms with Gasteiger partial charge in [0.1, 0.15) is 18.0 Å². The molecule has 2 rings (SSSR count). The molecule has 0 saturated carbocycles. The van der Waals surface area contributed by atoms with Crippen LogP contribution in [0.15, 0.2) is 22.7 Å². The molecule has 0 unspecified atom stereocenters. The molecule has 28 heavy (non-hydrogen) atoms. The van der Waals surface area contributed by atoms with Gasteiger partial charge in [0.05, 0.1) is 12.7 Å². The average Bonchev–Trinajstić information content (AvgIpc) is 2.59. The zero-order chi connectivity index (χ0) is 20.9. The van der Waals surface area contributed by atoms with E-state index in [1.54, 1.807) is 17.0 Å². The van der Waals surface area contributed by atoms with Gasteiger partial charge < -0.3 is 19.1 Å². The highest BCUT2D eigenvalue weighted by atomic mass is 79.9. The third-order valence-corrected chi connectivity index (χ3v) is 4.77. The standard InChI is InChI=1S/C20H29BrN2O5/c1-14-13-22(6-7-23(14)19(25)28-20(2,3)4)8-9-27-17-11-15(18(24)26-5)10-16(21)12-17/h10-12,14H,6-9,13H2,1-5H3/t14-/m1/s1. The summed E-state index contributed by atoms with van der Waals surface area (Å²) in [7, 11) is 1.35. The van der Waals surface area contributed by atoms with Gasteiger partial charge in [-0.05, 0) is 45.9 Å². The predicted molar refractivity (Wildman–Crippen MR) is 110 cm³/mol. The number of carbonyl (C=O) groups is 2. The van der Waals surface area contributed by atoms with Crippen molar-refractivity contribution >= 4 is 28.0 Å². The number of benzene rings is 1. The summed E-state index contributed by atoms with van der Waals surface area (Å²) in [5.74, 6) is 0.202. The van der Waals surface area contributed by atoms with E-state index in [1.807, 2.05) is 33.8 Å². The molecule has 1 aromatic carbocycles. The van der Waals surface area contributed by atoms with Gasteiger partial charge in [-0.1, -0.05) is 15.9 Å². The molecular formula is C20H29BrN2O5. The number of amides is 1. The van der Waals surface area contributed by atoms with Gasteiger partial charge in [0.15, 0.2) is 0 Å². The molecule has 0 radical (unpaired) electrons. The minimum Gasteiger partial charge on any atom is -0.492 e. The van der Waals surface area contributed by atoms with E-state index in [-0.39, 0.29) is 12.1 Å². The van der Waals surface area contributed by atoms with E-state index in [9.17, 15) is 9.59 Å². The maximum atomic E-state index is 12.3. The second kappa shape index (κ2) is 9.60. The highest BCUT2D eigenvalue weighted by Gasteiger charge is 2.30. The molecule has 1 saturated heterocycles. The molecule has 0 aliphatic carbocycles. The SMILES string of the molecule is COC(=O)c1cc(Br)cc(OCCN2CCN(C(=O)OC(C)(C)C)[C@H](C)C2)c1. The Kier molecular flexibility index (Phi) is 7.71. The lowest BCUT2D eigenvalue weighted by Gasteiger charge is -2.40. The Bertz CT molecular complexity index is 704. The summed E-state index contributed by atoms with van der Waals surface area (Å²) in [6.07, 6.45) is -0.264. The summed E-state index contributed by atoms with van der Waals surface area (Å²) in [6, 6.07) is 5.24. The smallest absolute Gasteiger partial charge is 0.410 e. The van der Waals surface area contributed by atoms with E-state index in [2.05, 4.69) is 20.8 Å². The molecule has 1 atom stereocenters. The van der Waals surface area contributed by atoms with Crippen LogP contribution in [0.1, 0.15) is 38.1 Å². The minimum absolute atomic E-state index is 0.0698. The Balaban J connectivity index is 1.83. The van der Waals surface area contributed by atoms with Crippen LogP contribution in [0.25, 0.3) is 0 Å². The van der Waals surface area contributed by atoms with Crippen molar-refractivity contribution in [2.45, 2.75) is 39.3 Å². The number of piperazine rings is 1. The lowest BCUT2D eigenvalue weighted by Crippen LogP contribution is -2.55. The Morgan fingerprint density at radius 1 is 1.21 bits per heavy atom. The van der Waals surface area contributed by atoms with Crippen molar-refractivity contribution in [3.63, 3.8) is 0 Å². The van der Waals surface area contributed by atoms with Crippen LogP contribution in [-0.4, -0.2) is 73.4 Å². The van der Waals surface area contributed by atoms with Crippen LogP contribution in [0.5, 0.6) is 5.75 Å². The van der Waals surface area contributed by atoms with Crippen LogP contribution in [0.4, 0.5) is 4.79 Å². The number of ether oxygens (including phenoxy) is 3. The number of nitrogens with zero attached hydrogens (tertiary/aromatic N) is 2. The van der Waals surface area contributed by atoms with Gasteiger partial charge in [0.25, 0.3) is 0 Å². The number of esters is 1. The molecule has 1 fully saturated rings. The van der Waals surface area contributed by atoms with Crippen molar-refractivity contribution in [2.24, 2.45) is 0 Å². The lowest BCUT2D eigenvalue weighted by atomic mass is 10.2. The Morgan fingerprint density at radius 3 is 2.54 bits per heavy atom. The molecule has 1 aliphatic rings. The molecule has 1 aliphatic heterocycles. The predicted octanol–water partition coefficient (Wildman–Crippen LogP) is 3.56. The normalized spacial score (nSPS) is 17.9. The highest BCUT2D eigenvalue weighted by molar-refractivity contribution is 9.10. The summed E-state index contributed by atoms with van der Waals surface area (Å²) in [5.41, 5.74) is -0.0547. The zero-order valence-corrected chi connectivity index (χ0v) is 18.7. The number of carbonyl (C=O) groups excluding carboxylic acids is 2. The third kappa shape index (κ3) is 6.67. The maximum absolute atomic E-state index is 12.3. The van der Waals surface area contributed by atoms with E-state index in [0.717, 1.165) is 24.1 Å². The van der Waals surface area contributed by atoms with Crippen molar-refractivity contribution in [2.75, 3.05) is 39.9 Å². The average molecular weight is 457 g/mol. The van der Waals surface area contributed by atoms with Crippen LogP contribution in [0.3, 0.4) is 0 Å². The first-order valence-electron chi connectivity index (χ1n) is 9.33. The van der Waals surface area contributed by atoms with E-state index < -0.39 is 11.6 Å². The van der Waals surface area contributed by atoms with Gasteiger partial charge in [-0.15, -0.1) is 0 Å². The molecule has 0 N–H and O–H groups in total. The Morgan fingerprint density at radius 2 is 1.93 bits per heavy atom. The molecule has 8 heteroatoms. The van der Waals surface area contributed by atoms with Crippen molar-refractivity contribution in [1.29, 1.82) is 0 Å². The first-order chi connectivity index (χ1) is 13.1. The van der Waals surface area contributed by atoms with Crippen LogP contribution in [0, 0.1) is 0 Å². The number of hydrogen-bond acceptors (Lipinski definition) is 6. The van der Waals surface area contributed by atoms with Crippen LogP contribution < -0.4 is 4.74 Å². The number of methoxy groups -OCH3 is 1. The van der Waals surface area contributed by atoms with Gasteiger partial charge in [0, 0.05) is 36.7 Å². The minimum atomic E-state index is -0.491. The van der Waals surface area contributed by atoms with Gasteiger partial charge in [-0.2, -0.15) is 0 Å². The fourth-order valence-corrected chi connectivity index (χ4v) is 3.47. The molecule has 156 valence electrons. The molecule has 1 heterocycles. The second-order valence-electron chi connectivity index (χ2n) is 7.84. The molecule has 1 aromatic rings. The van der Waals surface area contributed by atoms with E-state index >= 15 is 0 Å². The Hall–Kier alpha value is -1.80. The van der Waals surface area contributed by atoms with Crippen molar-refractivity contribution in [3.8, 4) is 5.75 Å². The maximum Gasteiger partial charge on any atom is 0.410 e. The number of halogens is 1. The zero-order valence-electron chi connectivity index (χ0n) is 17.2. The summed E-state index contributed by atoms with van der Waals surface area (Å²) >= 11 is 3.38. The Labute approximate surface area is 175 Å². The number of rotatable bonds is 5. The molecule has 0 aromatic heterocycles. The third-order valence-electron chi connectivity index (χ3n) is 4.31.